The van der Waals surface area contributed by atoms with Crippen LogP contribution in [0.5, 0.6) is 0 Å². The summed E-state index contributed by atoms with van der Waals surface area (Å²) in [4.78, 5) is 11.9. The number of carbonyl (C=O) groups is 1. The molecule has 0 saturated carbocycles. The van der Waals surface area contributed by atoms with Gasteiger partial charge in [0, 0.05) is 12.1 Å². The monoisotopic (exact) mass is 260 g/mol. The number of nitrogens with one attached hydrogen (secondary N) is 2. The van der Waals surface area contributed by atoms with Crippen LogP contribution >= 0.6 is 0 Å². The molecular weight excluding hydrogens is 240 g/mol. The van der Waals surface area contributed by atoms with Gasteiger partial charge in [-0.2, -0.15) is 0 Å². The number of rotatable bonds is 2. The number of ether oxygens (including phenoxy) is 1. The highest BCUT2D eigenvalue weighted by Crippen LogP contribution is 2.31. The first kappa shape index (κ1) is 13.5. The molecule has 1 aliphatic rings. The lowest BCUT2D eigenvalue weighted by atomic mass is 10.0. The molecule has 2 rings (SSSR count). The van der Waals surface area contributed by atoms with Crippen molar-refractivity contribution >= 4 is 11.8 Å². The number of amides is 1. The number of hydrogen-bond acceptors (Lipinski definition) is 3. The third-order valence-corrected chi connectivity index (χ3v) is 2.92. The van der Waals surface area contributed by atoms with Crippen molar-refractivity contribution in [2.45, 2.75) is 38.5 Å². The van der Waals surface area contributed by atoms with E-state index >= 15 is 0 Å². The highest BCUT2D eigenvalue weighted by Gasteiger charge is 2.36. The average Bonchev–Trinajstić information content (AvgIpc) is 2.64. The summed E-state index contributed by atoms with van der Waals surface area (Å²) in [5, 5.41) is 6.14. The van der Waals surface area contributed by atoms with Crippen LogP contribution in [0.25, 0.3) is 0 Å². The summed E-state index contributed by atoms with van der Waals surface area (Å²) >= 11 is 0. The molecule has 0 bridgehead atoms. The molecule has 102 valence electrons. The van der Waals surface area contributed by atoms with Gasteiger partial charge in [0.25, 0.3) is 0 Å². The van der Waals surface area contributed by atoms with E-state index in [1.807, 2.05) is 45.0 Å². The fourth-order valence-corrected chi connectivity index (χ4v) is 2.12. The molecule has 0 aliphatic carbocycles. The van der Waals surface area contributed by atoms with Crippen molar-refractivity contribution in [2.75, 3.05) is 5.32 Å². The fraction of sp³-hybridized carbons (Fsp3) is 0.400. The SMILES string of the molecule is C=CC1(NC(=O)OC(C)(C)C)Cc2ccccc2N1. The van der Waals surface area contributed by atoms with Crippen molar-refractivity contribution in [2.24, 2.45) is 0 Å². The van der Waals surface area contributed by atoms with Gasteiger partial charge in [0.05, 0.1) is 0 Å². The molecular formula is C15H20N2O2. The van der Waals surface area contributed by atoms with Gasteiger partial charge < -0.3 is 10.1 Å². The van der Waals surface area contributed by atoms with Crippen LogP contribution < -0.4 is 10.6 Å². The van der Waals surface area contributed by atoms with E-state index in [1.165, 1.54) is 0 Å². The lowest BCUT2D eigenvalue weighted by Crippen LogP contribution is -2.53. The maximum absolute atomic E-state index is 11.9. The Balaban J connectivity index is 2.11. The van der Waals surface area contributed by atoms with Crippen LogP contribution in [0.4, 0.5) is 10.5 Å². The van der Waals surface area contributed by atoms with Crippen LogP contribution in [-0.4, -0.2) is 17.4 Å². The highest BCUT2D eigenvalue weighted by molar-refractivity contribution is 5.72. The molecule has 4 heteroatoms. The predicted molar refractivity (Wildman–Crippen MR) is 76.1 cm³/mol. The number of carbonyl (C=O) groups excluding carboxylic acids is 1. The molecule has 1 amide bonds. The Labute approximate surface area is 113 Å². The van der Waals surface area contributed by atoms with Gasteiger partial charge in [0.2, 0.25) is 0 Å². The maximum Gasteiger partial charge on any atom is 0.409 e. The normalized spacial score (nSPS) is 21.2. The third-order valence-electron chi connectivity index (χ3n) is 2.92. The molecule has 1 unspecified atom stereocenters. The van der Waals surface area contributed by atoms with Gasteiger partial charge in [-0.05, 0) is 38.5 Å². The van der Waals surface area contributed by atoms with Crippen LogP contribution in [0.15, 0.2) is 36.9 Å². The van der Waals surface area contributed by atoms with E-state index < -0.39 is 17.4 Å². The van der Waals surface area contributed by atoms with E-state index in [9.17, 15) is 4.79 Å². The highest BCUT2D eigenvalue weighted by atomic mass is 16.6. The van der Waals surface area contributed by atoms with Gasteiger partial charge in [-0.15, -0.1) is 0 Å². The van der Waals surface area contributed by atoms with Crippen molar-refractivity contribution in [3.63, 3.8) is 0 Å². The van der Waals surface area contributed by atoms with Gasteiger partial charge >= 0.3 is 6.09 Å². The summed E-state index contributed by atoms with van der Waals surface area (Å²) in [6, 6.07) is 7.95. The summed E-state index contributed by atoms with van der Waals surface area (Å²) in [6.45, 7) is 9.33. The Kier molecular flexibility index (Phi) is 3.27. The van der Waals surface area contributed by atoms with Crippen molar-refractivity contribution < 1.29 is 9.53 Å². The lowest BCUT2D eigenvalue weighted by Gasteiger charge is -2.29. The van der Waals surface area contributed by atoms with E-state index in [0.717, 1.165) is 11.3 Å². The Morgan fingerprint density at radius 3 is 2.74 bits per heavy atom. The number of fused-ring (bicyclic) bond motifs is 1. The first-order valence-electron chi connectivity index (χ1n) is 6.34. The largest absolute Gasteiger partial charge is 0.444 e. The molecule has 0 spiro atoms. The first-order valence-corrected chi connectivity index (χ1v) is 6.34. The zero-order chi connectivity index (χ0) is 14.1. The molecule has 2 N–H and O–H groups in total. The first-order chi connectivity index (χ1) is 8.84. The second-order valence-corrected chi connectivity index (χ2v) is 5.76. The smallest absolute Gasteiger partial charge is 0.409 e. The van der Waals surface area contributed by atoms with Crippen LogP contribution in [0.2, 0.25) is 0 Å². The molecule has 1 atom stereocenters. The van der Waals surface area contributed by atoms with Crippen LogP contribution in [-0.2, 0) is 11.2 Å². The molecule has 1 aliphatic heterocycles. The summed E-state index contributed by atoms with van der Waals surface area (Å²) in [7, 11) is 0. The molecule has 1 aromatic rings. The zero-order valence-corrected chi connectivity index (χ0v) is 11.6. The standard InChI is InChI=1S/C15H20N2O2/c1-5-15(17-13(18)19-14(2,3)4)10-11-8-6-7-9-12(11)16-15/h5-9,16H,1,10H2,2-4H3,(H,17,18). The number of anilines is 1. The third kappa shape index (κ3) is 3.08. The maximum atomic E-state index is 11.9. The molecule has 0 radical (unpaired) electrons. The zero-order valence-electron chi connectivity index (χ0n) is 11.6. The Morgan fingerprint density at radius 2 is 2.16 bits per heavy atom. The van der Waals surface area contributed by atoms with Crippen molar-refractivity contribution in [1.82, 2.24) is 5.32 Å². The molecule has 0 saturated heterocycles. The second kappa shape index (κ2) is 4.61. The minimum Gasteiger partial charge on any atom is -0.444 e. The molecule has 4 nitrogen and oxygen atoms in total. The number of hydrogen-bond donors (Lipinski definition) is 2. The van der Waals surface area contributed by atoms with Gasteiger partial charge in [-0.25, -0.2) is 4.79 Å². The quantitative estimate of drug-likeness (QED) is 0.803. The van der Waals surface area contributed by atoms with Crippen molar-refractivity contribution in [1.29, 1.82) is 0 Å². The second-order valence-electron chi connectivity index (χ2n) is 5.76. The number of benzene rings is 1. The Morgan fingerprint density at radius 1 is 1.47 bits per heavy atom. The van der Waals surface area contributed by atoms with Gasteiger partial charge in [0.15, 0.2) is 0 Å². The summed E-state index contributed by atoms with van der Waals surface area (Å²) in [6.07, 6.45) is 1.91. The van der Waals surface area contributed by atoms with E-state index in [1.54, 1.807) is 6.08 Å². The van der Waals surface area contributed by atoms with Crippen molar-refractivity contribution in [3.05, 3.63) is 42.5 Å². The summed E-state index contributed by atoms with van der Waals surface area (Å²) in [5.41, 5.74) is 0.973. The topological polar surface area (TPSA) is 50.4 Å². The van der Waals surface area contributed by atoms with E-state index in [0.29, 0.717) is 6.42 Å². The molecule has 0 fully saturated rings. The Bertz CT molecular complexity index is 478. The van der Waals surface area contributed by atoms with Crippen LogP contribution in [0.1, 0.15) is 26.3 Å². The van der Waals surface area contributed by atoms with E-state index in [2.05, 4.69) is 17.2 Å². The molecule has 1 heterocycles. The lowest BCUT2D eigenvalue weighted by molar-refractivity contribution is 0.0490. The molecule has 1 aromatic carbocycles. The van der Waals surface area contributed by atoms with Crippen LogP contribution in [0.3, 0.4) is 0 Å². The summed E-state index contributed by atoms with van der Waals surface area (Å²) in [5.74, 6) is 0. The number of alkyl carbamates (subject to hydrolysis) is 1. The van der Waals surface area contributed by atoms with E-state index in [4.69, 9.17) is 4.74 Å². The molecule has 0 aromatic heterocycles. The minimum absolute atomic E-state index is 0.451. The van der Waals surface area contributed by atoms with Gasteiger partial charge in [-0.3, -0.25) is 5.32 Å². The Hall–Kier alpha value is -1.97. The minimum atomic E-state index is -0.675. The average molecular weight is 260 g/mol. The van der Waals surface area contributed by atoms with Crippen LogP contribution in [0, 0.1) is 0 Å². The van der Waals surface area contributed by atoms with Gasteiger partial charge in [0.1, 0.15) is 11.3 Å². The van der Waals surface area contributed by atoms with E-state index in [-0.39, 0.29) is 0 Å². The molecule has 19 heavy (non-hydrogen) atoms. The predicted octanol–water partition coefficient (Wildman–Crippen LogP) is 3.06. The number of para-hydroxylation sites is 1. The summed E-state index contributed by atoms with van der Waals surface area (Å²) < 4.78 is 5.29. The van der Waals surface area contributed by atoms with Gasteiger partial charge in [-0.1, -0.05) is 24.8 Å². The van der Waals surface area contributed by atoms with Crippen molar-refractivity contribution in [3.8, 4) is 0 Å². The fourth-order valence-electron chi connectivity index (χ4n) is 2.12.